The third-order valence-electron chi connectivity index (χ3n) is 3.02. The van der Waals surface area contributed by atoms with Crippen LogP contribution >= 0.6 is 0 Å². The van der Waals surface area contributed by atoms with Crippen LogP contribution in [0.4, 0.5) is 0 Å². The van der Waals surface area contributed by atoms with Crippen LogP contribution in [0.1, 0.15) is 19.8 Å². The van der Waals surface area contributed by atoms with Gasteiger partial charge in [0.15, 0.2) is 0 Å². The van der Waals surface area contributed by atoms with Gasteiger partial charge in [-0.15, -0.1) is 0 Å². The first-order valence-corrected chi connectivity index (χ1v) is 5.93. The number of aliphatic hydroxyl groups excluding tert-OH is 2. The van der Waals surface area contributed by atoms with Gasteiger partial charge in [0.2, 0.25) is 5.91 Å². The molecule has 0 radical (unpaired) electrons. The summed E-state index contributed by atoms with van der Waals surface area (Å²) in [4.78, 5) is 13.6. The molecule has 0 bridgehead atoms. The van der Waals surface area contributed by atoms with Gasteiger partial charge in [-0.1, -0.05) is 6.92 Å². The van der Waals surface area contributed by atoms with Gasteiger partial charge in [-0.2, -0.15) is 0 Å². The Bertz CT molecular complexity index is 211. The number of nitrogens with one attached hydrogen (secondary N) is 1. The van der Waals surface area contributed by atoms with Crippen molar-refractivity contribution in [2.45, 2.75) is 25.8 Å². The van der Waals surface area contributed by atoms with Crippen molar-refractivity contribution < 1.29 is 15.0 Å². The van der Waals surface area contributed by atoms with Gasteiger partial charge < -0.3 is 20.4 Å². The molecule has 16 heavy (non-hydrogen) atoms. The molecule has 1 fully saturated rings. The summed E-state index contributed by atoms with van der Waals surface area (Å²) in [5, 5.41) is 20.9. The second kappa shape index (κ2) is 6.83. The Morgan fingerprint density at radius 2 is 2.00 bits per heavy atom. The van der Waals surface area contributed by atoms with Crippen molar-refractivity contribution >= 4 is 5.91 Å². The van der Waals surface area contributed by atoms with Gasteiger partial charge in [-0.05, 0) is 25.3 Å². The number of hydrogen-bond acceptors (Lipinski definition) is 4. The van der Waals surface area contributed by atoms with Gasteiger partial charge in [-0.25, -0.2) is 0 Å². The summed E-state index contributed by atoms with van der Waals surface area (Å²) in [5.74, 6) is 0.551. The van der Waals surface area contributed by atoms with Crippen LogP contribution in [0.2, 0.25) is 0 Å². The lowest BCUT2D eigenvalue weighted by molar-refractivity contribution is -0.135. The summed E-state index contributed by atoms with van der Waals surface area (Å²) in [5.41, 5.74) is 0. The molecule has 3 N–H and O–H groups in total. The molecule has 1 aliphatic rings. The number of carbonyl (C=O) groups is 1. The van der Waals surface area contributed by atoms with E-state index in [1.165, 1.54) is 4.90 Å². The molecular weight excluding hydrogens is 208 g/mol. The molecule has 0 aromatic rings. The highest BCUT2D eigenvalue weighted by Gasteiger charge is 2.27. The molecule has 2 atom stereocenters. The number of rotatable bonds is 5. The third kappa shape index (κ3) is 3.73. The van der Waals surface area contributed by atoms with Gasteiger partial charge >= 0.3 is 0 Å². The summed E-state index contributed by atoms with van der Waals surface area (Å²) in [6, 6.07) is -0.151. The Morgan fingerprint density at radius 3 is 2.50 bits per heavy atom. The Kier molecular flexibility index (Phi) is 5.73. The smallest absolute Gasteiger partial charge is 0.239 e. The van der Waals surface area contributed by atoms with E-state index >= 15 is 0 Å². The van der Waals surface area contributed by atoms with Gasteiger partial charge in [0, 0.05) is 13.1 Å². The Hall–Kier alpha value is -0.650. The van der Waals surface area contributed by atoms with E-state index in [2.05, 4.69) is 12.2 Å². The summed E-state index contributed by atoms with van der Waals surface area (Å²) >= 11 is 0. The molecule has 0 aromatic heterocycles. The molecule has 0 aliphatic carbocycles. The molecule has 2 unspecified atom stereocenters. The minimum Gasteiger partial charge on any atom is -0.395 e. The van der Waals surface area contributed by atoms with Crippen molar-refractivity contribution in [3.05, 3.63) is 0 Å². The largest absolute Gasteiger partial charge is 0.395 e. The van der Waals surface area contributed by atoms with E-state index < -0.39 is 0 Å². The summed E-state index contributed by atoms with van der Waals surface area (Å²) in [6.45, 7) is 3.48. The van der Waals surface area contributed by atoms with Crippen molar-refractivity contribution in [2.24, 2.45) is 5.92 Å². The standard InChI is InChI=1S/C11H22N2O3/c1-9-2-3-12-10(8-9)11(16)13(4-6-14)5-7-15/h9-10,12,14-15H,2-8H2,1H3. The van der Waals surface area contributed by atoms with Crippen molar-refractivity contribution in [2.75, 3.05) is 32.8 Å². The van der Waals surface area contributed by atoms with Gasteiger partial charge in [0.1, 0.15) is 0 Å². The molecule has 5 heteroatoms. The van der Waals surface area contributed by atoms with Gasteiger partial charge in [0.25, 0.3) is 0 Å². The predicted octanol–water partition coefficient (Wildman–Crippen LogP) is -0.812. The van der Waals surface area contributed by atoms with Crippen molar-refractivity contribution in [1.82, 2.24) is 10.2 Å². The zero-order valence-corrected chi connectivity index (χ0v) is 9.85. The van der Waals surface area contributed by atoms with E-state index in [-0.39, 0.29) is 25.2 Å². The number of nitrogens with zero attached hydrogens (tertiary/aromatic N) is 1. The third-order valence-corrected chi connectivity index (χ3v) is 3.02. The molecule has 5 nitrogen and oxygen atoms in total. The van der Waals surface area contributed by atoms with E-state index in [4.69, 9.17) is 10.2 Å². The number of piperidine rings is 1. The lowest BCUT2D eigenvalue weighted by Gasteiger charge is -2.31. The van der Waals surface area contributed by atoms with Crippen LogP contribution in [0, 0.1) is 5.92 Å². The van der Waals surface area contributed by atoms with E-state index in [1.807, 2.05) is 0 Å². The van der Waals surface area contributed by atoms with E-state index in [1.54, 1.807) is 0 Å². The Labute approximate surface area is 96.4 Å². The number of aliphatic hydroxyl groups is 2. The summed E-state index contributed by atoms with van der Waals surface area (Å²) < 4.78 is 0. The first-order valence-electron chi connectivity index (χ1n) is 5.93. The maximum absolute atomic E-state index is 12.1. The zero-order valence-electron chi connectivity index (χ0n) is 9.85. The fraction of sp³-hybridized carbons (Fsp3) is 0.909. The minimum absolute atomic E-state index is 0.00495. The van der Waals surface area contributed by atoms with Crippen molar-refractivity contribution in [1.29, 1.82) is 0 Å². The molecule has 1 saturated heterocycles. The SMILES string of the molecule is CC1CCNC(C(=O)N(CCO)CCO)C1. The Morgan fingerprint density at radius 1 is 1.38 bits per heavy atom. The Balaban J connectivity index is 2.51. The molecule has 0 spiro atoms. The first kappa shape index (κ1) is 13.4. The molecule has 1 amide bonds. The summed E-state index contributed by atoms with van der Waals surface area (Å²) in [6.07, 6.45) is 1.94. The molecule has 1 heterocycles. The zero-order chi connectivity index (χ0) is 12.0. The van der Waals surface area contributed by atoms with Crippen LogP contribution in [0.3, 0.4) is 0 Å². The van der Waals surface area contributed by atoms with E-state index in [0.29, 0.717) is 19.0 Å². The van der Waals surface area contributed by atoms with Crippen LogP contribution in [-0.2, 0) is 4.79 Å². The number of carbonyl (C=O) groups excluding carboxylic acids is 1. The lowest BCUT2D eigenvalue weighted by atomic mass is 9.93. The quantitative estimate of drug-likeness (QED) is 0.577. The average Bonchev–Trinajstić information content (AvgIpc) is 2.28. The van der Waals surface area contributed by atoms with E-state index in [9.17, 15) is 4.79 Å². The van der Waals surface area contributed by atoms with Crippen LogP contribution in [0.5, 0.6) is 0 Å². The molecular formula is C11H22N2O3. The maximum atomic E-state index is 12.1. The van der Waals surface area contributed by atoms with Crippen LogP contribution in [0.15, 0.2) is 0 Å². The highest BCUT2D eigenvalue weighted by Crippen LogP contribution is 2.16. The van der Waals surface area contributed by atoms with Crippen LogP contribution in [0.25, 0.3) is 0 Å². The lowest BCUT2D eigenvalue weighted by Crippen LogP contribution is -2.51. The average molecular weight is 230 g/mol. The monoisotopic (exact) mass is 230 g/mol. The van der Waals surface area contributed by atoms with Crippen LogP contribution in [-0.4, -0.2) is 59.9 Å². The van der Waals surface area contributed by atoms with Crippen molar-refractivity contribution in [3.8, 4) is 0 Å². The van der Waals surface area contributed by atoms with Gasteiger partial charge in [-0.3, -0.25) is 4.79 Å². The fourth-order valence-electron chi connectivity index (χ4n) is 2.09. The fourth-order valence-corrected chi connectivity index (χ4v) is 2.09. The molecule has 1 aliphatic heterocycles. The highest BCUT2D eigenvalue weighted by atomic mass is 16.3. The topological polar surface area (TPSA) is 72.8 Å². The van der Waals surface area contributed by atoms with Crippen molar-refractivity contribution in [3.63, 3.8) is 0 Å². The maximum Gasteiger partial charge on any atom is 0.239 e. The number of amides is 1. The molecule has 94 valence electrons. The molecule has 0 aromatic carbocycles. The molecule has 1 rings (SSSR count). The second-order valence-electron chi connectivity index (χ2n) is 4.41. The van der Waals surface area contributed by atoms with Gasteiger partial charge in [0.05, 0.1) is 19.3 Å². The predicted molar refractivity (Wildman–Crippen MR) is 60.9 cm³/mol. The minimum atomic E-state index is -0.151. The van der Waals surface area contributed by atoms with E-state index in [0.717, 1.165) is 19.4 Å². The summed E-state index contributed by atoms with van der Waals surface area (Å²) in [7, 11) is 0. The normalized spacial score (nSPS) is 25.4. The second-order valence-corrected chi connectivity index (χ2v) is 4.41. The number of hydrogen-bond donors (Lipinski definition) is 3. The molecule has 0 saturated carbocycles. The first-order chi connectivity index (χ1) is 7.69. The van der Waals surface area contributed by atoms with Crippen LogP contribution < -0.4 is 5.32 Å². The highest BCUT2D eigenvalue weighted by molar-refractivity contribution is 5.82.